The number of allylic oxidation sites excluding steroid dienone is 1. The molecular formula is C20H19F3N6O2S2. The summed E-state index contributed by atoms with van der Waals surface area (Å²) in [6.07, 6.45) is -3.15. The molecule has 2 N–H and O–H groups in total. The van der Waals surface area contributed by atoms with Crippen LogP contribution in [0.25, 0.3) is 0 Å². The quantitative estimate of drug-likeness (QED) is 0.341. The van der Waals surface area contributed by atoms with E-state index in [0.29, 0.717) is 10.3 Å². The van der Waals surface area contributed by atoms with Crippen LogP contribution in [0, 0.1) is 6.92 Å². The Morgan fingerprint density at radius 1 is 1.24 bits per heavy atom. The van der Waals surface area contributed by atoms with E-state index in [0.717, 1.165) is 29.6 Å². The van der Waals surface area contributed by atoms with Crippen LogP contribution in [0.5, 0.6) is 0 Å². The first-order valence-electron chi connectivity index (χ1n) is 9.50. The molecule has 0 aliphatic rings. The largest absolute Gasteiger partial charge is 0.416 e. The van der Waals surface area contributed by atoms with E-state index in [9.17, 15) is 22.8 Å². The second-order valence-corrected chi connectivity index (χ2v) is 8.53. The molecule has 1 aromatic carbocycles. The summed E-state index contributed by atoms with van der Waals surface area (Å²) in [7, 11) is 0. The van der Waals surface area contributed by atoms with E-state index in [1.54, 1.807) is 10.6 Å². The number of hydrogen-bond donors (Lipinski definition) is 2. The van der Waals surface area contributed by atoms with Crippen molar-refractivity contribution in [3.8, 4) is 0 Å². The first kappa shape index (κ1) is 24.5. The summed E-state index contributed by atoms with van der Waals surface area (Å²) in [5, 5.41) is 15.9. The Labute approximate surface area is 195 Å². The number of carbonyl (C=O) groups excluding carboxylic acids is 2. The Bertz CT molecular complexity index is 1160. The van der Waals surface area contributed by atoms with Gasteiger partial charge in [0.2, 0.25) is 11.8 Å². The van der Waals surface area contributed by atoms with Crippen LogP contribution in [0.3, 0.4) is 0 Å². The number of carbonyl (C=O) groups is 2. The van der Waals surface area contributed by atoms with Crippen LogP contribution in [0.15, 0.2) is 47.5 Å². The molecule has 0 unspecified atom stereocenters. The molecule has 0 radical (unpaired) electrons. The lowest BCUT2D eigenvalue weighted by Crippen LogP contribution is -2.18. The van der Waals surface area contributed by atoms with Gasteiger partial charge in [-0.05, 0) is 25.1 Å². The number of aryl methyl sites for hydroxylation is 1. The number of anilines is 2. The molecule has 0 bridgehead atoms. The van der Waals surface area contributed by atoms with Gasteiger partial charge in [0.1, 0.15) is 5.82 Å². The predicted molar refractivity (Wildman–Crippen MR) is 120 cm³/mol. The van der Waals surface area contributed by atoms with Crippen molar-refractivity contribution in [2.75, 3.05) is 16.4 Å². The van der Waals surface area contributed by atoms with Crippen molar-refractivity contribution < 1.29 is 22.8 Å². The molecule has 0 atom stereocenters. The Morgan fingerprint density at radius 2 is 2.03 bits per heavy atom. The normalized spacial score (nSPS) is 11.3. The summed E-state index contributed by atoms with van der Waals surface area (Å²) in [5.41, 5.74) is -0.0324. The maximum absolute atomic E-state index is 12.9. The molecule has 2 aromatic heterocycles. The topological polar surface area (TPSA) is 102 Å². The molecule has 0 fully saturated rings. The van der Waals surface area contributed by atoms with Crippen molar-refractivity contribution >= 4 is 45.7 Å². The lowest BCUT2D eigenvalue weighted by Gasteiger charge is -2.10. The maximum Gasteiger partial charge on any atom is 0.416 e. The van der Waals surface area contributed by atoms with Crippen molar-refractivity contribution in [1.82, 2.24) is 19.7 Å². The van der Waals surface area contributed by atoms with Crippen molar-refractivity contribution in [3.63, 3.8) is 0 Å². The fourth-order valence-corrected chi connectivity index (χ4v) is 4.16. The highest BCUT2D eigenvalue weighted by Crippen LogP contribution is 2.30. The predicted octanol–water partition coefficient (Wildman–Crippen LogP) is 4.16. The van der Waals surface area contributed by atoms with Gasteiger partial charge in [-0.25, -0.2) is 4.98 Å². The number of thioether (sulfide) groups is 1. The summed E-state index contributed by atoms with van der Waals surface area (Å²) in [4.78, 5) is 28.7. The molecule has 174 valence electrons. The van der Waals surface area contributed by atoms with E-state index in [4.69, 9.17) is 0 Å². The highest BCUT2D eigenvalue weighted by atomic mass is 32.2. The molecule has 0 saturated heterocycles. The van der Waals surface area contributed by atoms with Gasteiger partial charge in [0.05, 0.1) is 23.4 Å². The van der Waals surface area contributed by atoms with E-state index in [1.165, 1.54) is 23.5 Å². The first-order valence-corrected chi connectivity index (χ1v) is 11.4. The summed E-state index contributed by atoms with van der Waals surface area (Å²) >= 11 is 2.45. The van der Waals surface area contributed by atoms with Gasteiger partial charge in [0, 0.05) is 17.6 Å². The number of nitrogens with zero attached hydrogens (tertiary/aromatic N) is 4. The molecular weight excluding hydrogens is 477 g/mol. The van der Waals surface area contributed by atoms with Gasteiger partial charge < -0.3 is 15.2 Å². The van der Waals surface area contributed by atoms with Gasteiger partial charge in [-0.15, -0.1) is 28.1 Å². The minimum absolute atomic E-state index is 0.0216. The number of hydrogen-bond acceptors (Lipinski definition) is 7. The van der Waals surface area contributed by atoms with Gasteiger partial charge in [-0.1, -0.05) is 23.9 Å². The Balaban J connectivity index is 1.63. The van der Waals surface area contributed by atoms with Crippen LogP contribution >= 0.6 is 23.1 Å². The average Bonchev–Trinajstić information content (AvgIpc) is 3.32. The van der Waals surface area contributed by atoms with Crippen molar-refractivity contribution in [2.24, 2.45) is 0 Å². The van der Waals surface area contributed by atoms with Gasteiger partial charge in [0.25, 0.3) is 0 Å². The van der Waals surface area contributed by atoms with Crippen LogP contribution in [-0.2, 0) is 28.7 Å². The molecule has 13 heteroatoms. The zero-order chi connectivity index (χ0) is 24.0. The molecule has 2 amide bonds. The molecule has 0 aliphatic carbocycles. The number of halogens is 3. The highest BCUT2D eigenvalue weighted by molar-refractivity contribution is 7.99. The van der Waals surface area contributed by atoms with Crippen molar-refractivity contribution in [3.05, 3.63) is 59.4 Å². The zero-order valence-electron chi connectivity index (χ0n) is 17.3. The molecule has 33 heavy (non-hydrogen) atoms. The fourth-order valence-electron chi connectivity index (χ4n) is 2.69. The molecule has 2 heterocycles. The van der Waals surface area contributed by atoms with E-state index < -0.39 is 17.6 Å². The summed E-state index contributed by atoms with van der Waals surface area (Å²) in [6.45, 7) is 5.78. The zero-order valence-corrected chi connectivity index (χ0v) is 19.0. The average molecular weight is 497 g/mol. The standard InChI is InChI=1S/C20H19F3N6O2S2/c1-3-7-29-15(9-16(30)25-14-6-4-5-13(8-14)20(21,22)23)27-28-19(29)33-11-17(31)26-18-24-12(2)10-32-18/h3-6,8,10H,1,7,9,11H2,2H3,(H,25,30)(H,24,26,31). The summed E-state index contributed by atoms with van der Waals surface area (Å²) in [6, 6.07) is 4.36. The molecule has 3 aromatic rings. The summed E-state index contributed by atoms with van der Waals surface area (Å²) < 4.78 is 40.2. The lowest BCUT2D eigenvalue weighted by molar-refractivity contribution is -0.137. The molecule has 8 nitrogen and oxygen atoms in total. The van der Waals surface area contributed by atoms with Gasteiger partial charge in [0.15, 0.2) is 10.3 Å². The number of nitrogens with one attached hydrogen (secondary N) is 2. The van der Waals surface area contributed by atoms with Crippen LogP contribution in [0.1, 0.15) is 17.1 Å². The SMILES string of the molecule is C=CCn1c(CC(=O)Nc2cccc(C(F)(F)F)c2)nnc1SCC(=O)Nc1nc(C)cs1. The third kappa shape index (κ3) is 6.89. The van der Waals surface area contributed by atoms with Gasteiger partial charge in [-0.2, -0.15) is 13.2 Å². The fraction of sp³-hybridized carbons (Fsp3) is 0.250. The first-order chi connectivity index (χ1) is 15.7. The lowest BCUT2D eigenvalue weighted by atomic mass is 10.2. The van der Waals surface area contributed by atoms with E-state index in [1.807, 2.05) is 12.3 Å². The molecule has 0 saturated carbocycles. The molecule has 0 aliphatic heterocycles. The Kier molecular flexibility index (Phi) is 7.87. The maximum atomic E-state index is 12.9. The van der Waals surface area contributed by atoms with E-state index >= 15 is 0 Å². The number of benzene rings is 1. The van der Waals surface area contributed by atoms with Crippen LogP contribution in [0.2, 0.25) is 0 Å². The van der Waals surface area contributed by atoms with E-state index in [-0.39, 0.29) is 36.1 Å². The number of thiazole rings is 1. The van der Waals surface area contributed by atoms with E-state index in [2.05, 4.69) is 32.4 Å². The van der Waals surface area contributed by atoms with Gasteiger partial charge >= 0.3 is 6.18 Å². The minimum atomic E-state index is -4.51. The molecule has 3 rings (SSSR count). The number of amides is 2. The second-order valence-electron chi connectivity index (χ2n) is 6.73. The number of rotatable bonds is 9. The van der Waals surface area contributed by atoms with Crippen LogP contribution < -0.4 is 10.6 Å². The van der Waals surface area contributed by atoms with Crippen LogP contribution in [0.4, 0.5) is 24.0 Å². The second kappa shape index (κ2) is 10.6. The highest BCUT2D eigenvalue weighted by Gasteiger charge is 2.30. The summed E-state index contributed by atoms with van der Waals surface area (Å²) in [5.74, 6) is -0.491. The monoisotopic (exact) mass is 496 g/mol. The number of alkyl halides is 3. The Morgan fingerprint density at radius 3 is 2.70 bits per heavy atom. The Hall–Kier alpha value is -3.19. The van der Waals surface area contributed by atoms with Gasteiger partial charge in [-0.3, -0.25) is 9.59 Å². The molecule has 0 spiro atoms. The third-order valence-corrected chi connectivity index (χ3v) is 5.94. The third-order valence-electron chi connectivity index (χ3n) is 4.10. The minimum Gasteiger partial charge on any atom is -0.326 e. The van der Waals surface area contributed by atoms with Crippen LogP contribution in [-0.4, -0.2) is 37.3 Å². The smallest absolute Gasteiger partial charge is 0.326 e. The van der Waals surface area contributed by atoms with Crippen molar-refractivity contribution in [1.29, 1.82) is 0 Å². The van der Waals surface area contributed by atoms with Crippen molar-refractivity contribution in [2.45, 2.75) is 31.2 Å². The number of aromatic nitrogens is 4.